The molecule has 63 heavy (non-hydrogen) atoms. The van der Waals surface area contributed by atoms with E-state index in [-0.39, 0.29) is 17.8 Å². The molecule has 1 atom stereocenters. The largest absolute Gasteiger partial charge is 0.310 e. The zero-order valence-corrected chi connectivity index (χ0v) is 34.3. The average molecular weight is 808 g/mol. The van der Waals surface area contributed by atoms with Gasteiger partial charge in [0, 0.05) is 34.0 Å². The van der Waals surface area contributed by atoms with Crippen molar-refractivity contribution in [2.24, 2.45) is 0 Å². The van der Waals surface area contributed by atoms with Crippen LogP contribution in [0.1, 0.15) is 29.1 Å². The molecule has 0 fully saturated rings. The third-order valence-corrected chi connectivity index (χ3v) is 12.7. The molecule has 0 aliphatic heterocycles. The van der Waals surface area contributed by atoms with Gasteiger partial charge in [-0.05, 0) is 134 Å². The number of anilines is 6. The molecular formula is C61H42N2. The molecule has 0 bridgehead atoms. The zero-order chi connectivity index (χ0) is 46.1. The first-order chi connectivity index (χ1) is 33.3. The molecule has 0 saturated carbocycles. The molecule has 296 valence electrons. The van der Waals surface area contributed by atoms with E-state index in [4.69, 9.17) is 4.11 Å². The normalized spacial score (nSPS) is 15.2. The molecule has 0 amide bonds. The molecule has 1 spiro atoms. The van der Waals surface area contributed by atoms with Crippen LogP contribution < -0.4 is 9.80 Å². The number of fused-ring (bicyclic) bond motifs is 10. The van der Waals surface area contributed by atoms with E-state index in [2.05, 4.69) is 169 Å². The standard InChI is InChI=1S/C61H42N2/c1-6-20-43(21-7-1)45-34-39-60(55(40-45)44-22-8-2-9-23-44)63(48-28-14-5-15-29-48)50-36-38-54-52-31-17-19-33-57(52)61(59(54)42-50)56-32-18-16-30-51(56)53-37-35-49(41-58(53)61)62(46-24-10-3-11-25-46)47-26-12-4-13-27-47/h1-42H/i5D,14D,15D,28D,29D. The summed E-state index contributed by atoms with van der Waals surface area (Å²) in [6, 6.07) is 76.3. The van der Waals surface area contributed by atoms with E-state index in [0.29, 0.717) is 11.4 Å². The second kappa shape index (κ2) is 15.1. The summed E-state index contributed by atoms with van der Waals surface area (Å²) in [4.78, 5) is 4.19. The van der Waals surface area contributed by atoms with Crippen molar-refractivity contribution < 1.29 is 6.85 Å². The zero-order valence-electron chi connectivity index (χ0n) is 39.3. The average Bonchev–Trinajstić information content (AvgIpc) is 3.86. The molecular weight excluding hydrogens is 761 g/mol. The van der Waals surface area contributed by atoms with Gasteiger partial charge in [0.1, 0.15) is 0 Å². The number of hydrogen-bond acceptors (Lipinski definition) is 2. The highest BCUT2D eigenvalue weighted by atomic mass is 15.1. The van der Waals surface area contributed by atoms with Crippen molar-refractivity contribution in [2.45, 2.75) is 5.41 Å². The molecule has 2 aliphatic rings. The van der Waals surface area contributed by atoms with E-state index in [1.807, 2.05) is 65.6 Å². The Morgan fingerprint density at radius 1 is 0.286 bits per heavy atom. The Morgan fingerprint density at radius 3 is 1.30 bits per heavy atom. The van der Waals surface area contributed by atoms with Crippen LogP contribution in [0.4, 0.5) is 34.1 Å². The molecule has 1 unspecified atom stereocenters. The van der Waals surface area contributed by atoms with Crippen molar-refractivity contribution in [2.75, 3.05) is 9.80 Å². The summed E-state index contributed by atoms with van der Waals surface area (Å²) in [5.41, 5.74) is 16.5. The number of rotatable bonds is 8. The topological polar surface area (TPSA) is 6.48 Å². The van der Waals surface area contributed by atoms with Gasteiger partial charge in [0.05, 0.1) is 18.0 Å². The van der Waals surface area contributed by atoms with Crippen molar-refractivity contribution in [3.63, 3.8) is 0 Å². The van der Waals surface area contributed by atoms with E-state index in [0.717, 1.165) is 83.8 Å². The van der Waals surface area contributed by atoms with Crippen molar-refractivity contribution in [1.29, 1.82) is 0 Å². The van der Waals surface area contributed by atoms with Crippen LogP contribution in [0, 0.1) is 0 Å². The molecule has 0 aromatic heterocycles. The van der Waals surface area contributed by atoms with Gasteiger partial charge >= 0.3 is 0 Å². The molecule has 0 radical (unpaired) electrons. The minimum atomic E-state index is -0.784. The van der Waals surface area contributed by atoms with Gasteiger partial charge in [-0.3, -0.25) is 0 Å². The highest BCUT2D eigenvalue weighted by Crippen LogP contribution is 2.64. The Balaban J connectivity index is 1.15. The summed E-state index contributed by atoms with van der Waals surface area (Å²) in [7, 11) is 0. The van der Waals surface area contributed by atoms with Gasteiger partial charge in [-0.25, -0.2) is 0 Å². The van der Waals surface area contributed by atoms with E-state index in [9.17, 15) is 2.74 Å². The van der Waals surface area contributed by atoms with Crippen molar-refractivity contribution in [3.05, 3.63) is 277 Å². The van der Waals surface area contributed by atoms with Gasteiger partial charge in [-0.1, -0.05) is 182 Å². The SMILES string of the molecule is [2H]c1c([2H])c([2H])c(N(c2ccc3c(c2)C2(c4ccccc4-c4ccc(N(c5ccccc5)c5ccccc5)cc42)c2ccccc2-3)c2ccc(-c3ccccc3)cc2-c2ccccc2)c([2H])c1[2H]. The van der Waals surface area contributed by atoms with Crippen LogP contribution in [0.25, 0.3) is 44.5 Å². The quantitative estimate of drug-likeness (QED) is 0.151. The number of para-hydroxylation sites is 3. The smallest absolute Gasteiger partial charge is 0.0727 e. The summed E-state index contributed by atoms with van der Waals surface area (Å²) >= 11 is 0. The summed E-state index contributed by atoms with van der Waals surface area (Å²) < 4.78 is 45.6. The van der Waals surface area contributed by atoms with Gasteiger partial charge in [-0.2, -0.15) is 0 Å². The summed E-state index contributed by atoms with van der Waals surface area (Å²) in [5.74, 6) is 0. The highest BCUT2D eigenvalue weighted by molar-refractivity contribution is 5.98. The fourth-order valence-corrected chi connectivity index (χ4v) is 10.1. The Bertz CT molecular complexity index is 3500. The van der Waals surface area contributed by atoms with Crippen LogP contribution in [0.5, 0.6) is 0 Å². The molecule has 10 aromatic carbocycles. The van der Waals surface area contributed by atoms with Crippen LogP contribution in [0.2, 0.25) is 0 Å². The number of hydrogen-bond donors (Lipinski definition) is 0. The lowest BCUT2D eigenvalue weighted by Gasteiger charge is -2.33. The van der Waals surface area contributed by atoms with Crippen molar-refractivity contribution in [1.82, 2.24) is 0 Å². The predicted octanol–water partition coefficient (Wildman–Crippen LogP) is 16.3. The van der Waals surface area contributed by atoms with Gasteiger partial charge in [0.15, 0.2) is 0 Å². The van der Waals surface area contributed by atoms with E-state index >= 15 is 0 Å². The molecule has 0 heterocycles. The van der Waals surface area contributed by atoms with E-state index in [1.54, 1.807) is 0 Å². The minimum Gasteiger partial charge on any atom is -0.310 e. The second-order valence-electron chi connectivity index (χ2n) is 16.1. The second-order valence-corrected chi connectivity index (χ2v) is 16.1. The van der Waals surface area contributed by atoms with E-state index < -0.39 is 23.5 Å². The molecule has 2 nitrogen and oxygen atoms in total. The summed E-state index contributed by atoms with van der Waals surface area (Å²) in [6.45, 7) is 0. The van der Waals surface area contributed by atoms with Gasteiger partial charge in [-0.15, -0.1) is 0 Å². The molecule has 12 rings (SSSR count). The first kappa shape index (κ1) is 31.6. The Kier molecular flexibility index (Phi) is 7.56. The number of benzene rings is 10. The third kappa shape index (κ3) is 5.87. The Labute approximate surface area is 376 Å². The first-order valence-corrected chi connectivity index (χ1v) is 21.4. The van der Waals surface area contributed by atoms with Gasteiger partial charge < -0.3 is 9.80 Å². The Hall–Kier alpha value is -8.20. The fraction of sp³-hybridized carbons (Fsp3) is 0.0164. The van der Waals surface area contributed by atoms with Crippen LogP contribution in [0.3, 0.4) is 0 Å². The van der Waals surface area contributed by atoms with Gasteiger partial charge in [0.2, 0.25) is 0 Å². The number of nitrogens with zero attached hydrogens (tertiary/aromatic N) is 2. The molecule has 0 N–H and O–H groups in total. The highest BCUT2D eigenvalue weighted by Gasteiger charge is 2.52. The summed E-state index contributed by atoms with van der Waals surface area (Å²) in [5, 5.41) is 0. The monoisotopic (exact) mass is 807 g/mol. The molecule has 2 aliphatic carbocycles. The maximum Gasteiger partial charge on any atom is 0.0727 e. The molecule has 0 saturated heterocycles. The van der Waals surface area contributed by atoms with Gasteiger partial charge in [0.25, 0.3) is 0 Å². The molecule has 2 heteroatoms. The lowest BCUT2D eigenvalue weighted by Crippen LogP contribution is -2.26. The van der Waals surface area contributed by atoms with Crippen LogP contribution >= 0.6 is 0 Å². The minimum absolute atomic E-state index is 0.0704. The fourth-order valence-electron chi connectivity index (χ4n) is 10.1. The third-order valence-electron chi connectivity index (χ3n) is 12.7. The maximum atomic E-state index is 9.52. The van der Waals surface area contributed by atoms with E-state index in [1.165, 1.54) is 0 Å². The maximum absolute atomic E-state index is 9.52. The first-order valence-electron chi connectivity index (χ1n) is 23.9. The molecule has 10 aromatic rings. The van der Waals surface area contributed by atoms with Crippen LogP contribution in [-0.2, 0) is 5.41 Å². The lowest BCUT2D eigenvalue weighted by molar-refractivity contribution is 0.793. The van der Waals surface area contributed by atoms with Crippen molar-refractivity contribution >= 4 is 34.1 Å². The van der Waals surface area contributed by atoms with Crippen LogP contribution in [-0.4, -0.2) is 0 Å². The Morgan fingerprint density at radius 2 is 0.746 bits per heavy atom. The van der Waals surface area contributed by atoms with Crippen molar-refractivity contribution in [3.8, 4) is 44.5 Å². The predicted molar refractivity (Wildman–Crippen MR) is 263 cm³/mol. The van der Waals surface area contributed by atoms with Crippen LogP contribution in [0.15, 0.2) is 255 Å². The summed E-state index contributed by atoms with van der Waals surface area (Å²) in [6.07, 6.45) is 0. The lowest BCUT2D eigenvalue weighted by atomic mass is 9.70.